The van der Waals surface area contributed by atoms with E-state index in [1.54, 1.807) is 0 Å². The van der Waals surface area contributed by atoms with Gasteiger partial charge in [0.2, 0.25) is 0 Å². The molecule has 0 aliphatic heterocycles. The second-order valence-corrected chi connectivity index (χ2v) is 14.4. The number of hydrogen-bond acceptors (Lipinski definition) is 4. The van der Waals surface area contributed by atoms with Gasteiger partial charge in [-0.05, 0) is 38.5 Å². The normalized spacial score (nSPS) is 12.3. The summed E-state index contributed by atoms with van der Waals surface area (Å²) < 4.78 is 11.1. The maximum Gasteiger partial charge on any atom is 0.306 e. The van der Waals surface area contributed by atoms with Crippen LogP contribution >= 0.6 is 0 Å². The molecule has 47 heavy (non-hydrogen) atoms. The number of carbonyl (C=O) groups is 1. The fraction of sp³-hybridized carbons (Fsp3) is 0.930. The average Bonchev–Trinajstić information content (AvgIpc) is 3.08. The van der Waals surface area contributed by atoms with Crippen LogP contribution in [0, 0.1) is 0 Å². The molecule has 0 rings (SSSR count). The van der Waals surface area contributed by atoms with Crippen molar-refractivity contribution in [1.29, 1.82) is 0 Å². The summed E-state index contributed by atoms with van der Waals surface area (Å²) in [6, 6.07) is 0. The minimum atomic E-state index is -0.525. The molecule has 0 aromatic heterocycles. The van der Waals surface area contributed by atoms with Crippen LogP contribution in [-0.4, -0.2) is 37.0 Å². The Morgan fingerprint density at radius 2 is 0.830 bits per heavy atom. The summed E-state index contributed by atoms with van der Waals surface area (Å²) >= 11 is 0. The molecule has 0 bridgehead atoms. The Labute approximate surface area is 295 Å². The lowest BCUT2D eigenvalue weighted by atomic mass is 10.0. The smallest absolute Gasteiger partial charge is 0.306 e. The first kappa shape index (κ1) is 46.1. The SMILES string of the molecule is CCCCCCCCCC/C=C\CCCCCCCCCCCCCCCCOCC(CO)OC(=O)CCCCCCCCCCC. The third kappa shape index (κ3) is 39.5. The zero-order chi connectivity index (χ0) is 34.1. The minimum Gasteiger partial charge on any atom is -0.457 e. The highest BCUT2D eigenvalue weighted by Crippen LogP contribution is 2.15. The molecule has 4 nitrogen and oxygen atoms in total. The standard InChI is InChI=1S/C43H84O4/c1-3-5-7-9-11-13-14-15-16-17-18-19-20-21-22-23-24-25-26-27-28-29-31-33-35-37-39-46-41-42(40-44)47-43(45)38-36-34-32-30-12-10-8-6-4-2/h17-18,42,44H,3-16,19-41H2,1-2H3/b18-17-. The summed E-state index contributed by atoms with van der Waals surface area (Å²) in [5.41, 5.74) is 0. The second-order valence-electron chi connectivity index (χ2n) is 14.4. The maximum atomic E-state index is 12.1. The molecule has 0 aliphatic carbocycles. The molecule has 0 spiro atoms. The summed E-state index contributed by atoms with van der Waals surface area (Å²) in [5, 5.41) is 9.55. The summed E-state index contributed by atoms with van der Waals surface area (Å²) in [5.74, 6) is -0.200. The lowest BCUT2D eigenvalue weighted by Crippen LogP contribution is -2.27. The number of esters is 1. The van der Waals surface area contributed by atoms with Gasteiger partial charge in [0.1, 0.15) is 6.10 Å². The molecule has 0 amide bonds. The van der Waals surface area contributed by atoms with E-state index in [1.165, 1.54) is 193 Å². The van der Waals surface area contributed by atoms with Crippen LogP contribution in [0.4, 0.5) is 0 Å². The minimum absolute atomic E-state index is 0.166. The quantitative estimate of drug-likeness (QED) is 0.0402. The molecule has 280 valence electrons. The Kier molecular flexibility index (Phi) is 40.5. The molecule has 0 saturated heterocycles. The third-order valence-electron chi connectivity index (χ3n) is 9.59. The van der Waals surface area contributed by atoms with Crippen molar-refractivity contribution in [3.8, 4) is 0 Å². The molecule has 0 heterocycles. The van der Waals surface area contributed by atoms with Crippen LogP contribution in [0.3, 0.4) is 0 Å². The highest BCUT2D eigenvalue weighted by Gasteiger charge is 2.13. The van der Waals surface area contributed by atoms with Crippen molar-refractivity contribution in [2.75, 3.05) is 19.8 Å². The molecule has 0 radical (unpaired) electrons. The maximum absolute atomic E-state index is 12.1. The predicted molar refractivity (Wildman–Crippen MR) is 205 cm³/mol. The van der Waals surface area contributed by atoms with Crippen molar-refractivity contribution in [3.05, 3.63) is 12.2 Å². The predicted octanol–water partition coefficient (Wildman–Crippen LogP) is 13.8. The summed E-state index contributed by atoms with van der Waals surface area (Å²) in [4.78, 5) is 12.1. The van der Waals surface area contributed by atoms with Gasteiger partial charge in [0, 0.05) is 13.0 Å². The van der Waals surface area contributed by atoms with Crippen LogP contribution < -0.4 is 0 Å². The highest BCUT2D eigenvalue weighted by molar-refractivity contribution is 5.69. The molecule has 0 saturated carbocycles. The Balaban J connectivity index is 3.31. The third-order valence-corrected chi connectivity index (χ3v) is 9.59. The molecule has 0 fully saturated rings. The Hall–Kier alpha value is -0.870. The van der Waals surface area contributed by atoms with Gasteiger partial charge in [0.25, 0.3) is 0 Å². The Bertz CT molecular complexity index is 619. The summed E-state index contributed by atoms with van der Waals surface area (Å²) in [7, 11) is 0. The van der Waals surface area contributed by atoms with Crippen molar-refractivity contribution < 1.29 is 19.4 Å². The van der Waals surface area contributed by atoms with E-state index < -0.39 is 6.10 Å². The van der Waals surface area contributed by atoms with Crippen molar-refractivity contribution in [3.63, 3.8) is 0 Å². The molecular formula is C43H84O4. The first-order valence-electron chi connectivity index (χ1n) is 21.3. The molecule has 0 aromatic carbocycles. The fourth-order valence-electron chi connectivity index (χ4n) is 6.38. The van der Waals surface area contributed by atoms with E-state index in [0.717, 1.165) is 19.3 Å². The molecule has 1 atom stereocenters. The molecule has 1 unspecified atom stereocenters. The van der Waals surface area contributed by atoms with Gasteiger partial charge in [0.05, 0.1) is 13.2 Å². The van der Waals surface area contributed by atoms with Crippen molar-refractivity contribution in [1.82, 2.24) is 0 Å². The largest absolute Gasteiger partial charge is 0.457 e. The van der Waals surface area contributed by atoms with E-state index >= 15 is 0 Å². The van der Waals surface area contributed by atoms with Gasteiger partial charge in [-0.3, -0.25) is 4.79 Å². The van der Waals surface area contributed by atoms with E-state index in [4.69, 9.17) is 9.47 Å². The van der Waals surface area contributed by atoms with Gasteiger partial charge >= 0.3 is 5.97 Å². The van der Waals surface area contributed by atoms with Crippen molar-refractivity contribution in [2.24, 2.45) is 0 Å². The van der Waals surface area contributed by atoms with Crippen LogP contribution in [0.25, 0.3) is 0 Å². The number of ether oxygens (including phenoxy) is 2. The summed E-state index contributed by atoms with van der Waals surface area (Å²) in [6.07, 6.45) is 48.6. The van der Waals surface area contributed by atoms with Crippen LogP contribution in [0.2, 0.25) is 0 Å². The number of unbranched alkanes of at least 4 members (excludes halogenated alkanes) is 30. The van der Waals surface area contributed by atoms with Gasteiger partial charge < -0.3 is 14.6 Å². The van der Waals surface area contributed by atoms with Crippen LogP contribution in [-0.2, 0) is 14.3 Å². The topological polar surface area (TPSA) is 55.8 Å². The van der Waals surface area contributed by atoms with E-state index in [-0.39, 0.29) is 12.6 Å². The number of hydrogen-bond donors (Lipinski definition) is 1. The highest BCUT2D eigenvalue weighted by atomic mass is 16.6. The monoisotopic (exact) mass is 665 g/mol. The zero-order valence-electron chi connectivity index (χ0n) is 32.1. The first-order valence-corrected chi connectivity index (χ1v) is 21.3. The molecule has 0 aliphatic rings. The van der Waals surface area contributed by atoms with Crippen LogP contribution in [0.1, 0.15) is 232 Å². The Morgan fingerprint density at radius 1 is 0.489 bits per heavy atom. The van der Waals surface area contributed by atoms with Gasteiger partial charge in [0.15, 0.2) is 0 Å². The molecule has 0 aromatic rings. The van der Waals surface area contributed by atoms with Crippen molar-refractivity contribution in [2.45, 2.75) is 238 Å². The second kappa shape index (κ2) is 41.3. The molecule has 4 heteroatoms. The lowest BCUT2D eigenvalue weighted by molar-refractivity contribution is -0.154. The lowest BCUT2D eigenvalue weighted by Gasteiger charge is -2.16. The molecule has 1 N–H and O–H groups in total. The van der Waals surface area contributed by atoms with Crippen molar-refractivity contribution >= 4 is 5.97 Å². The number of aliphatic hydroxyl groups is 1. The average molecular weight is 665 g/mol. The summed E-state index contributed by atoms with van der Waals surface area (Å²) in [6.45, 7) is 5.36. The fourth-order valence-corrected chi connectivity index (χ4v) is 6.38. The van der Waals surface area contributed by atoms with E-state index in [1.807, 2.05) is 0 Å². The first-order chi connectivity index (χ1) is 23.2. The molecular weight excluding hydrogens is 580 g/mol. The number of carbonyl (C=O) groups excluding carboxylic acids is 1. The van der Waals surface area contributed by atoms with Crippen LogP contribution in [0.5, 0.6) is 0 Å². The van der Waals surface area contributed by atoms with Gasteiger partial charge in [-0.25, -0.2) is 0 Å². The van der Waals surface area contributed by atoms with Crippen LogP contribution in [0.15, 0.2) is 12.2 Å². The number of allylic oxidation sites excluding steroid dienone is 2. The zero-order valence-corrected chi connectivity index (χ0v) is 32.1. The Morgan fingerprint density at radius 3 is 1.21 bits per heavy atom. The van der Waals surface area contributed by atoms with E-state index in [9.17, 15) is 9.90 Å². The van der Waals surface area contributed by atoms with E-state index in [0.29, 0.717) is 19.6 Å². The number of rotatable bonds is 40. The van der Waals surface area contributed by atoms with Gasteiger partial charge in [-0.2, -0.15) is 0 Å². The van der Waals surface area contributed by atoms with Gasteiger partial charge in [-0.15, -0.1) is 0 Å². The van der Waals surface area contributed by atoms with E-state index in [2.05, 4.69) is 26.0 Å². The van der Waals surface area contributed by atoms with Gasteiger partial charge in [-0.1, -0.05) is 199 Å². The number of aliphatic hydroxyl groups excluding tert-OH is 1.